The van der Waals surface area contributed by atoms with Gasteiger partial charge in [-0.1, -0.05) is 35.9 Å². The number of fused-ring (bicyclic) bond motifs is 4. The molecule has 288 valence electrons. The van der Waals surface area contributed by atoms with Gasteiger partial charge in [-0.15, -0.1) is 0 Å². The molecule has 2 bridgehead atoms. The fourth-order valence-corrected chi connectivity index (χ4v) is 9.94. The van der Waals surface area contributed by atoms with E-state index >= 15 is 0 Å². The zero-order valence-electron chi connectivity index (χ0n) is 30.5. The number of hydrogen-bond acceptors (Lipinski definition) is 9. The smallest absolute Gasteiger partial charge is 0.343 e. The second kappa shape index (κ2) is 15.1. The number of nitrogens with two attached hydrogens (primary N) is 1. The Hall–Kier alpha value is -3.20. The van der Waals surface area contributed by atoms with E-state index in [1.165, 1.54) is 16.0 Å². The lowest BCUT2D eigenvalue weighted by Gasteiger charge is -2.46. The minimum absolute atomic E-state index is 0.0557. The lowest BCUT2D eigenvalue weighted by atomic mass is 9.68. The van der Waals surface area contributed by atoms with Crippen molar-refractivity contribution in [3.63, 3.8) is 0 Å². The molecule has 3 heterocycles. The van der Waals surface area contributed by atoms with Crippen LogP contribution in [0.3, 0.4) is 0 Å². The quantitative estimate of drug-likeness (QED) is 0.347. The number of benzene rings is 2. The first-order valence-electron chi connectivity index (χ1n) is 18.8. The monoisotopic (exact) mass is 770 g/mol. The van der Waals surface area contributed by atoms with Crippen LogP contribution in [-0.4, -0.2) is 100 Å². The predicted octanol–water partition coefficient (Wildman–Crippen LogP) is 4.06. The summed E-state index contributed by atoms with van der Waals surface area (Å²) in [6.45, 7) is 2.38. The van der Waals surface area contributed by atoms with E-state index in [-0.39, 0.29) is 43.0 Å². The molecule has 3 N–H and O–H groups in total. The van der Waals surface area contributed by atoms with Crippen molar-refractivity contribution >= 4 is 39.4 Å². The van der Waals surface area contributed by atoms with E-state index in [2.05, 4.69) is 23.1 Å². The molecule has 2 aromatic rings. The van der Waals surface area contributed by atoms with E-state index in [1.807, 2.05) is 12.1 Å². The number of hydrogen-bond donors (Lipinski definition) is 2. The van der Waals surface area contributed by atoms with Crippen LogP contribution >= 0.6 is 11.6 Å². The maximum Gasteiger partial charge on any atom is 0.343 e. The summed E-state index contributed by atoms with van der Waals surface area (Å²) in [6.07, 6.45) is 8.86. The number of rotatable bonds is 4. The molecular formula is C39H51ClN4O8S. The molecule has 0 aromatic heterocycles. The molecule has 12 nitrogen and oxygen atoms in total. The van der Waals surface area contributed by atoms with Crippen molar-refractivity contribution in [2.24, 2.45) is 17.0 Å². The average molecular weight is 771 g/mol. The third kappa shape index (κ3) is 7.70. The summed E-state index contributed by atoms with van der Waals surface area (Å²) < 4.78 is 43.5. The molecule has 53 heavy (non-hydrogen) atoms. The van der Waals surface area contributed by atoms with E-state index in [0.717, 1.165) is 48.6 Å². The lowest BCUT2D eigenvalue weighted by molar-refractivity contribution is -0.177. The molecule has 7 rings (SSSR count). The lowest BCUT2D eigenvalue weighted by Crippen LogP contribution is -2.50. The molecule has 5 atom stereocenters. The van der Waals surface area contributed by atoms with Gasteiger partial charge >= 0.3 is 5.97 Å². The zero-order chi connectivity index (χ0) is 37.5. The summed E-state index contributed by atoms with van der Waals surface area (Å²) in [5.74, 6) is -0.0989. The Bertz CT molecular complexity index is 1850. The normalized spacial score (nSPS) is 30.7. The van der Waals surface area contributed by atoms with Crippen molar-refractivity contribution in [3.05, 3.63) is 70.3 Å². The highest BCUT2D eigenvalue weighted by atomic mass is 35.5. The summed E-state index contributed by atoms with van der Waals surface area (Å²) >= 11 is 6.47. The van der Waals surface area contributed by atoms with Gasteiger partial charge < -0.3 is 29.1 Å². The van der Waals surface area contributed by atoms with Crippen molar-refractivity contribution in [2.45, 2.75) is 81.0 Å². The number of anilines is 1. The Morgan fingerprint density at radius 2 is 1.89 bits per heavy atom. The number of piperidine rings is 1. The topological polar surface area (TPSA) is 152 Å². The average Bonchev–Trinajstić information content (AvgIpc) is 3.27. The van der Waals surface area contributed by atoms with Crippen molar-refractivity contribution < 1.29 is 37.3 Å². The molecular weight excluding hydrogens is 720 g/mol. The van der Waals surface area contributed by atoms with Gasteiger partial charge in [0, 0.05) is 57.3 Å². The summed E-state index contributed by atoms with van der Waals surface area (Å²) in [5.41, 5.74) is 0.799. The van der Waals surface area contributed by atoms with E-state index in [1.54, 1.807) is 32.4 Å². The Morgan fingerprint density at radius 3 is 2.60 bits per heavy atom. The van der Waals surface area contributed by atoms with E-state index in [9.17, 15) is 23.1 Å². The maximum absolute atomic E-state index is 14.2. The van der Waals surface area contributed by atoms with Crippen LogP contribution in [0.25, 0.3) is 0 Å². The first-order chi connectivity index (χ1) is 25.3. The number of nitrogens with zero attached hydrogens (tertiary/aromatic N) is 3. The van der Waals surface area contributed by atoms with Crippen LogP contribution in [0.15, 0.2) is 48.6 Å². The SMILES string of the molecule is CO[C@H]1/C=C\CCN(C)C(=O)C[C@](O)(C(=O)OC2CCN(S(N)(=O)=O)CC2)c2ccc3c(c2)N(C[C@@H]2CC[C@H]21)C[C@@]1(CCCc2cc(Cl)ccc21)CO3. The Kier molecular flexibility index (Phi) is 10.9. The van der Waals surface area contributed by atoms with Crippen LogP contribution < -0.4 is 14.8 Å². The molecule has 1 spiro atoms. The van der Waals surface area contributed by atoms with Crippen molar-refractivity contribution in [1.29, 1.82) is 0 Å². The van der Waals surface area contributed by atoms with Crippen molar-refractivity contribution in [3.8, 4) is 5.75 Å². The summed E-state index contributed by atoms with van der Waals surface area (Å²) in [6, 6.07) is 11.4. The predicted molar refractivity (Wildman–Crippen MR) is 201 cm³/mol. The zero-order valence-corrected chi connectivity index (χ0v) is 32.1. The van der Waals surface area contributed by atoms with Gasteiger partial charge in [0.2, 0.25) is 5.91 Å². The number of halogens is 1. The van der Waals surface area contributed by atoms with Gasteiger partial charge in [-0.3, -0.25) is 4.79 Å². The Morgan fingerprint density at radius 1 is 1.09 bits per heavy atom. The molecule has 2 aromatic carbocycles. The van der Waals surface area contributed by atoms with Crippen LogP contribution in [0.2, 0.25) is 5.02 Å². The van der Waals surface area contributed by atoms with Gasteiger partial charge in [-0.05, 0) is 104 Å². The highest BCUT2D eigenvalue weighted by Crippen LogP contribution is 2.48. The van der Waals surface area contributed by atoms with Crippen LogP contribution in [-0.2, 0) is 46.7 Å². The number of methoxy groups -OCH3 is 1. The highest BCUT2D eigenvalue weighted by molar-refractivity contribution is 7.86. The molecule has 0 radical (unpaired) electrons. The molecule has 5 aliphatic rings. The molecule has 14 heteroatoms. The molecule has 1 saturated heterocycles. The van der Waals surface area contributed by atoms with Gasteiger partial charge in [0.15, 0.2) is 5.60 Å². The fourth-order valence-electron chi connectivity index (χ4n) is 9.03. The highest BCUT2D eigenvalue weighted by Gasteiger charge is 2.47. The number of aliphatic hydroxyl groups is 1. The molecule has 0 unspecified atom stereocenters. The fraction of sp³-hybridized carbons (Fsp3) is 0.590. The third-order valence-corrected chi connectivity index (χ3v) is 13.6. The molecule has 1 amide bonds. The van der Waals surface area contributed by atoms with Crippen LogP contribution in [0, 0.1) is 11.8 Å². The minimum Gasteiger partial charge on any atom is -0.490 e. The summed E-state index contributed by atoms with van der Waals surface area (Å²) in [5, 5.41) is 18.5. The number of esters is 1. The number of carbonyl (C=O) groups excluding carboxylic acids is 2. The number of amides is 1. The Labute approximate surface area is 317 Å². The number of aryl methyl sites for hydroxylation is 1. The van der Waals surface area contributed by atoms with E-state index in [4.69, 9.17) is 31.0 Å². The maximum atomic E-state index is 14.2. The molecule has 3 aliphatic heterocycles. The van der Waals surface area contributed by atoms with Gasteiger partial charge in [0.25, 0.3) is 10.2 Å². The minimum atomic E-state index is -3.88. The summed E-state index contributed by atoms with van der Waals surface area (Å²) in [7, 11) is -0.470. The van der Waals surface area contributed by atoms with E-state index in [0.29, 0.717) is 48.7 Å². The first-order valence-corrected chi connectivity index (χ1v) is 20.6. The van der Waals surface area contributed by atoms with E-state index < -0.39 is 40.2 Å². The standard InChI is InChI=1S/C39H51ClN4O8S/c1-42-17-4-3-7-34(50-2)31-11-8-27(31)23-43-24-38(16-5-6-26-20-29(40)10-12-32(26)38)25-51-35-13-9-28(21-33(35)43)39(47,22-36(42)45)37(46)52-30-14-18-44(19-15-30)53(41,48)49/h3,7,9-10,12-13,20-21,27,30-31,34,47H,4-6,8,11,14-19,22-25H2,1-2H3,(H2,41,48,49)/b7-3-/t27-,31+,34-,38-,39+/m0/s1. The van der Waals surface area contributed by atoms with Crippen molar-refractivity contribution in [1.82, 2.24) is 9.21 Å². The molecule has 1 saturated carbocycles. The van der Waals surface area contributed by atoms with Crippen LogP contribution in [0.5, 0.6) is 5.75 Å². The second-order valence-electron chi connectivity index (χ2n) is 15.6. The number of ether oxygens (including phenoxy) is 3. The molecule has 2 fully saturated rings. The Balaban J connectivity index is 1.28. The van der Waals surface area contributed by atoms with Crippen molar-refractivity contribution in [2.75, 3.05) is 58.4 Å². The number of carbonyl (C=O) groups is 2. The van der Waals surface area contributed by atoms with Crippen LogP contribution in [0.1, 0.15) is 68.1 Å². The second-order valence-corrected chi connectivity index (χ2v) is 17.6. The van der Waals surface area contributed by atoms with Gasteiger partial charge in [-0.2, -0.15) is 12.7 Å². The summed E-state index contributed by atoms with van der Waals surface area (Å²) in [4.78, 5) is 31.8. The van der Waals surface area contributed by atoms with Gasteiger partial charge in [0.05, 0.1) is 24.8 Å². The first kappa shape index (κ1) is 38.1. The molecule has 2 aliphatic carbocycles. The largest absolute Gasteiger partial charge is 0.490 e. The van der Waals surface area contributed by atoms with Crippen LogP contribution in [0.4, 0.5) is 5.69 Å². The van der Waals surface area contributed by atoms with Gasteiger partial charge in [-0.25, -0.2) is 9.93 Å². The van der Waals surface area contributed by atoms with Gasteiger partial charge in [0.1, 0.15) is 11.9 Å². The third-order valence-electron chi connectivity index (χ3n) is 12.3.